The Kier molecular flexibility index (Phi) is 6.72. The molecule has 0 aliphatic heterocycles. The van der Waals surface area contributed by atoms with Gasteiger partial charge in [-0.15, -0.1) is 11.8 Å². The van der Waals surface area contributed by atoms with E-state index in [4.69, 9.17) is 0 Å². The number of carbonyl (C=O) groups is 1. The van der Waals surface area contributed by atoms with Crippen LogP contribution in [0, 0.1) is 13.8 Å². The van der Waals surface area contributed by atoms with Crippen LogP contribution in [0.15, 0.2) is 78.9 Å². The van der Waals surface area contributed by atoms with Gasteiger partial charge in [-0.3, -0.25) is 4.79 Å². The summed E-state index contributed by atoms with van der Waals surface area (Å²) < 4.78 is 0. The second-order valence-corrected chi connectivity index (χ2v) is 7.79. The van der Waals surface area contributed by atoms with Crippen LogP contribution < -0.4 is 5.32 Å². The van der Waals surface area contributed by atoms with Crippen LogP contribution in [-0.4, -0.2) is 11.7 Å². The lowest BCUT2D eigenvalue weighted by atomic mass is 9.98. The molecule has 0 saturated heterocycles. The first-order valence-electron chi connectivity index (χ1n) is 9.16. The summed E-state index contributed by atoms with van der Waals surface area (Å²) in [6.07, 6.45) is 0. The monoisotopic (exact) mass is 375 g/mol. The molecule has 0 radical (unpaired) electrons. The van der Waals surface area contributed by atoms with E-state index in [2.05, 4.69) is 79.8 Å². The molecule has 0 aromatic heterocycles. The van der Waals surface area contributed by atoms with Gasteiger partial charge in [-0.2, -0.15) is 0 Å². The maximum Gasteiger partial charge on any atom is 0.230 e. The van der Waals surface area contributed by atoms with E-state index in [0.717, 1.165) is 16.9 Å². The van der Waals surface area contributed by atoms with Crippen molar-refractivity contribution in [2.45, 2.75) is 25.6 Å². The quantitative estimate of drug-likeness (QED) is 0.595. The fraction of sp³-hybridized carbons (Fsp3) is 0.208. The fourth-order valence-electron chi connectivity index (χ4n) is 2.91. The average molecular weight is 376 g/mol. The van der Waals surface area contributed by atoms with E-state index in [9.17, 15) is 4.79 Å². The first-order valence-corrected chi connectivity index (χ1v) is 10.3. The molecular formula is C24H25NOS. The SMILES string of the molecule is Cc1ccc(CSCC(=O)N[C@H](c2ccccc2)c2ccc(C)cc2)cc1. The first kappa shape index (κ1) is 19.2. The van der Waals surface area contributed by atoms with E-state index in [1.54, 1.807) is 11.8 Å². The van der Waals surface area contributed by atoms with Crippen molar-refractivity contribution in [3.05, 3.63) is 107 Å². The van der Waals surface area contributed by atoms with Crippen molar-refractivity contribution >= 4 is 17.7 Å². The molecule has 2 nitrogen and oxygen atoms in total. The predicted octanol–water partition coefficient (Wildman–Crippen LogP) is 5.44. The van der Waals surface area contributed by atoms with Crippen LogP contribution in [0.25, 0.3) is 0 Å². The highest BCUT2D eigenvalue weighted by molar-refractivity contribution is 7.99. The van der Waals surface area contributed by atoms with E-state index in [1.807, 2.05) is 18.2 Å². The average Bonchev–Trinajstić information content (AvgIpc) is 2.69. The minimum atomic E-state index is -0.126. The minimum absolute atomic E-state index is 0.0570. The summed E-state index contributed by atoms with van der Waals surface area (Å²) in [6.45, 7) is 4.15. The van der Waals surface area contributed by atoms with E-state index >= 15 is 0 Å². The van der Waals surface area contributed by atoms with Gasteiger partial charge in [0.25, 0.3) is 0 Å². The Morgan fingerprint density at radius 3 is 2.00 bits per heavy atom. The van der Waals surface area contributed by atoms with Crippen molar-refractivity contribution in [1.82, 2.24) is 5.32 Å². The minimum Gasteiger partial charge on any atom is -0.344 e. The Balaban J connectivity index is 1.63. The Morgan fingerprint density at radius 1 is 0.815 bits per heavy atom. The summed E-state index contributed by atoms with van der Waals surface area (Å²) in [7, 11) is 0. The van der Waals surface area contributed by atoms with Gasteiger partial charge < -0.3 is 5.32 Å². The number of rotatable bonds is 7. The highest BCUT2D eigenvalue weighted by Crippen LogP contribution is 2.23. The third kappa shape index (κ3) is 5.73. The number of carbonyl (C=O) groups excluding carboxylic acids is 1. The second kappa shape index (κ2) is 9.43. The standard InChI is InChI=1S/C24H25NOS/c1-18-8-12-20(13-9-18)16-27-17-23(26)25-24(21-6-4-3-5-7-21)22-14-10-19(2)11-15-22/h3-15,24H,16-17H2,1-2H3,(H,25,26)/t24-/m1/s1. The van der Waals surface area contributed by atoms with Gasteiger partial charge in [-0.05, 0) is 30.5 Å². The highest BCUT2D eigenvalue weighted by atomic mass is 32.2. The number of hydrogen-bond donors (Lipinski definition) is 1. The zero-order valence-corrected chi connectivity index (χ0v) is 16.6. The molecule has 3 rings (SSSR count). The van der Waals surface area contributed by atoms with Crippen LogP contribution in [0.4, 0.5) is 0 Å². The molecule has 1 N–H and O–H groups in total. The zero-order chi connectivity index (χ0) is 19.1. The van der Waals surface area contributed by atoms with Gasteiger partial charge >= 0.3 is 0 Å². The molecule has 0 aliphatic carbocycles. The molecule has 3 heteroatoms. The van der Waals surface area contributed by atoms with Gasteiger partial charge in [-0.1, -0.05) is 90.0 Å². The van der Waals surface area contributed by atoms with Gasteiger partial charge in [-0.25, -0.2) is 0 Å². The summed E-state index contributed by atoms with van der Waals surface area (Å²) in [5, 5.41) is 3.20. The van der Waals surface area contributed by atoms with E-state index < -0.39 is 0 Å². The van der Waals surface area contributed by atoms with Crippen molar-refractivity contribution < 1.29 is 4.79 Å². The number of benzene rings is 3. The van der Waals surface area contributed by atoms with Crippen molar-refractivity contribution in [1.29, 1.82) is 0 Å². The first-order chi connectivity index (χ1) is 13.1. The van der Waals surface area contributed by atoms with Crippen LogP contribution >= 0.6 is 11.8 Å². The Hall–Kier alpha value is -2.52. The van der Waals surface area contributed by atoms with Crippen molar-refractivity contribution in [3.63, 3.8) is 0 Å². The normalized spacial score (nSPS) is 11.8. The Bertz CT molecular complexity index is 857. The molecule has 3 aromatic rings. The van der Waals surface area contributed by atoms with E-state index in [1.165, 1.54) is 16.7 Å². The molecule has 0 aliphatic rings. The fourth-order valence-corrected chi connectivity index (χ4v) is 3.71. The van der Waals surface area contributed by atoms with Gasteiger partial charge in [0.1, 0.15) is 0 Å². The third-order valence-electron chi connectivity index (χ3n) is 4.47. The smallest absolute Gasteiger partial charge is 0.230 e. The lowest BCUT2D eigenvalue weighted by Gasteiger charge is -2.20. The molecule has 0 bridgehead atoms. The van der Waals surface area contributed by atoms with Crippen LogP contribution in [0.1, 0.15) is 33.9 Å². The maximum atomic E-state index is 12.6. The lowest BCUT2D eigenvalue weighted by Crippen LogP contribution is -2.30. The van der Waals surface area contributed by atoms with Gasteiger partial charge in [0.15, 0.2) is 0 Å². The summed E-state index contributed by atoms with van der Waals surface area (Å²) in [4.78, 5) is 12.6. The molecule has 0 saturated carbocycles. The summed E-state index contributed by atoms with van der Waals surface area (Å²) in [5.41, 5.74) is 5.91. The molecule has 0 fully saturated rings. The van der Waals surface area contributed by atoms with Crippen molar-refractivity contribution in [2.24, 2.45) is 0 Å². The third-order valence-corrected chi connectivity index (χ3v) is 5.48. The summed E-state index contributed by atoms with van der Waals surface area (Å²) in [6, 6.07) is 26.8. The molecular weight excluding hydrogens is 350 g/mol. The summed E-state index contributed by atoms with van der Waals surface area (Å²) in [5.74, 6) is 1.35. The molecule has 3 aromatic carbocycles. The van der Waals surface area contributed by atoms with Crippen LogP contribution in [0.2, 0.25) is 0 Å². The lowest BCUT2D eigenvalue weighted by molar-refractivity contribution is -0.119. The number of nitrogens with one attached hydrogen (secondary N) is 1. The molecule has 27 heavy (non-hydrogen) atoms. The van der Waals surface area contributed by atoms with Crippen molar-refractivity contribution in [3.8, 4) is 0 Å². The molecule has 1 amide bonds. The largest absolute Gasteiger partial charge is 0.344 e. The van der Waals surface area contributed by atoms with Crippen LogP contribution in [0.5, 0.6) is 0 Å². The molecule has 0 heterocycles. The van der Waals surface area contributed by atoms with Crippen LogP contribution in [-0.2, 0) is 10.5 Å². The Morgan fingerprint density at radius 2 is 1.37 bits per heavy atom. The predicted molar refractivity (Wildman–Crippen MR) is 115 cm³/mol. The Labute approximate surface area is 166 Å². The molecule has 1 atom stereocenters. The molecule has 0 unspecified atom stereocenters. The zero-order valence-electron chi connectivity index (χ0n) is 15.8. The van der Waals surface area contributed by atoms with E-state index in [-0.39, 0.29) is 11.9 Å². The highest BCUT2D eigenvalue weighted by Gasteiger charge is 2.16. The second-order valence-electron chi connectivity index (χ2n) is 6.80. The van der Waals surface area contributed by atoms with E-state index in [0.29, 0.717) is 5.75 Å². The molecule has 138 valence electrons. The van der Waals surface area contributed by atoms with Gasteiger partial charge in [0.2, 0.25) is 5.91 Å². The number of aryl methyl sites for hydroxylation is 2. The molecule has 0 spiro atoms. The number of thioether (sulfide) groups is 1. The summed E-state index contributed by atoms with van der Waals surface area (Å²) >= 11 is 1.64. The van der Waals surface area contributed by atoms with Crippen LogP contribution in [0.3, 0.4) is 0 Å². The maximum absolute atomic E-state index is 12.6. The van der Waals surface area contributed by atoms with Gasteiger partial charge in [0, 0.05) is 5.75 Å². The van der Waals surface area contributed by atoms with Crippen molar-refractivity contribution in [2.75, 3.05) is 5.75 Å². The number of amides is 1. The topological polar surface area (TPSA) is 29.1 Å². The van der Waals surface area contributed by atoms with Gasteiger partial charge in [0.05, 0.1) is 11.8 Å². The number of hydrogen-bond acceptors (Lipinski definition) is 2.